The van der Waals surface area contributed by atoms with Gasteiger partial charge in [0.05, 0.1) is 18.3 Å². The van der Waals surface area contributed by atoms with E-state index in [0.717, 1.165) is 44.0 Å². The van der Waals surface area contributed by atoms with Gasteiger partial charge in [-0.25, -0.2) is 9.78 Å². The molecule has 3 heterocycles. The summed E-state index contributed by atoms with van der Waals surface area (Å²) in [7, 11) is 0. The number of aliphatic hydroxyl groups excluding tert-OH is 1. The lowest BCUT2D eigenvalue weighted by molar-refractivity contribution is 0.0686. The summed E-state index contributed by atoms with van der Waals surface area (Å²) >= 11 is 0. The summed E-state index contributed by atoms with van der Waals surface area (Å²) < 4.78 is 1.98. The fourth-order valence-electron chi connectivity index (χ4n) is 3.56. The van der Waals surface area contributed by atoms with Gasteiger partial charge in [-0.2, -0.15) is 0 Å². The van der Waals surface area contributed by atoms with Crippen molar-refractivity contribution in [2.75, 3.05) is 19.6 Å². The maximum absolute atomic E-state index is 11.4. The minimum atomic E-state index is -0.951. The van der Waals surface area contributed by atoms with Gasteiger partial charge in [-0.3, -0.25) is 0 Å². The average molecular weight is 293 g/mol. The lowest BCUT2D eigenvalue weighted by atomic mass is 9.95. The lowest BCUT2D eigenvalue weighted by Gasteiger charge is -2.32. The highest BCUT2D eigenvalue weighted by atomic mass is 16.4. The Balaban J connectivity index is 1.90. The zero-order chi connectivity index (χ0) is 15.0. The van der Waals surface area contributed by atoms with Gasteiger partial charge < -0.3 is 19.7 Å². The van der Waals surface area contributed by atoms with Crippen molar-refractivity contribution >= 4 is 5.97 Å². The second-order valence-electron chi connectivity index (χ2n) is 6.08. The van der Waals surface area contributed by atoms with Gasteiger partial charge in [-0.1, -0.05) is 6.92 Å². The van der Waals surface area contributed by atoms with Crippen molar-refractivity contribution in [3.63, 3.8) is 0 Å². The molecule has 0 aliphatic carbocycles. The maximum atomic E-state index is 11.4. The van der Waals surface area contributed by atoms with Crippen LogP contribution in [0.2, 0.25) is 0 Å². The monoisotopic (exact) mass is 293 g/mol. The Labute approximate surface area is 124 Å². The van der Waals surface area contributed by atoms with Crippen LogP contribution in [0.1, 0.15) is 54.1 Å². The number of aromatic nitrogens is 2. The molecule has 0 aromatic carbocycles. The van der Waals surface area contributed by atoms with Gasteiger partial charge in [0.2, 0.25) is 0 Å². The number of aromatic carboxylic acids is 1. The van der Waals surface area contributed by atoms with Crippen LogP contribution in [-0.4, -0.2) is 56.4 Å². The number of fused-ring (bicyclic) bond motifs is 1. The van der Waals surface area contributed by atoms with Crippen LogP contribution in [0, 0.1) is 0 Å². The highest BCUT2D eigenvalue weighted by molar-refractivity contribution is 5.87. The van der Waals surface area contributed by atoms with Gasteiger partial charge in [0.1, 0.15) is 5.82 Å². The molecule has 3 rings (SSSR count). The normalized spacial score (nSPS) is 24.0. The van der Waals surface area contributed by atoms with Crippen molar-refractivity contribution in [2.24, 2.45) is 0 Å². The van der Waals surface area contributed by atoms with Gasteiger partial charge >= 0.3 is 5.97 Å². The highest BCUT2D eigenvalue weighted by Crippen LogP contribution is 2.31. The van der Waals surface area contributed by atoms with Crippen LogP contribution >= 0.6 is 0 Å². The summed E-state index contributed by atoms with van der Waals surface area (Å²) in [5, 5.41) is 19.3. The molecule has 6 nitrogen and oxygen atoms in total. The molecule has 0 bridgehead atoms. The molecule has 21 heavy (non-hydrogen) atoms. The average Bonchev–Trinajstić information content (AvgIpc) is 2.86. The van der Waals surface area contributed by atoms with Crippen molar-refractivity contribution in [3.05, 3.63) is 17.2 Å². The third-order valence-corrected chi connectivity index (χ3v) is 4.81. The standard InChI is InChI=1S/C15H23N3O3/c1-2-17-7-5-10(6-8-17)14-16-13(15(20)21)12-4-3-11(19)9-18(12)14/h10-11,19H,2-9H2,1H3,(H,20,21). The van der Waals surface area contributed by atoms with Gasteiger partial charge in [0.25, 0.3) is 0 Å². The van der Waals surface area contributed by atoms with Gasteiger partial charge in [-0.15, -0.1) is 0 Å². The number of nitrogens with zero attached hydrogens (tertiary/aromatic N) is 3. The Hall–Kier alpha value is -1.40. The number of likely N-dealkylation sites (tertiary alicyclic amines) is 1. The molecule has 1 saturated heterocycles. The topological polar surface area (TPSA) is 78.6 Å². The number of hydrogen-bond acceptors (Lipinski definition) is 4. The first kappa shape index (κ1) is 14.5. The number of hydrogen-bond donors (Lipinski definition) is 2. The molecule has 2 N–H and O–H groups in total. The van der Waals surface area contributed by atoms with Gasteiger partial charge in [-0.05, 0) is 45.3 Å². The first-order valence-corrected chi connectivity index (χ1v) is 7.83. The maximum Gasteiger partial charge on any atom is 0.356 e. The van der Waals surface area contributed by atoms with E-state index in [1.54, 1.807) is 0 Å². The Morgan fingerprint density at radius 3 is 2.67 bits per heavy atom. The molecule has 0 amide bonds. The van der Waals surface area contributed by atoms with Crippen molar-refractivity contribution in [1.82, 2.24) is 14.5 Å². The van der Waals surface area contributed by atoms with Crippen molar-refractivity contribution in [3.8, 4) is 0 Å². The number of aliphatic hydroxyl groups is 1. The molecule has 1 unspecified atom stereocenters. The number of rotatable bonds is 3. The lowest BCUT2D eigenvalue weighted by Crippen LogP contribution is -2.34. The molecular formula is C15H23N3O3. The molecular weight excluding hydrogens is 270 g/mol. The van der Waals surface area contributed by atoms with E-state index in [9.17, 15) is 15.0 Å². The summed E-state index contributed by atoms with van der Waals surface area (Å²) in [5.74, 6) is 0.231. The molecule has 2 aliphatic heterocycles. The van der Waals surface area contributed by atoms with E-state index in [0.29, 0.717) is 25.3 Å². The zero-order valence-corrected chi connectivity index (χ0v) is 12.5. The number of imidazole rings is 1. The van der Waals surface area contributed by atoms with Crippen LogP contribution in [0.3, 0.4) is 0 Å². The Morgan fingerprint density at radius 1 is 1.33 bits per heavy atom. The molecule has 0 spiro atoms. The number of piperidine rings is 1. The van der Waals surface area contributed by atoms with E-state index in [1.165, 1.54) is 0 Å². The molecule has 6 heteroatoms. The smallest absolute Gasteiger partial charge is 0.356 e. The minimum absolute atomic E-state index is 0.190. The zero-order valence-electron chi connectivity index (χ0n) is 12.5. The van der Waals surface area contributed by atoms with Crippen molar-refractivity contribution < 1.29 is 15.0 Å². The quantitative estimate of drug-likeness (QED) is 0.872. The van der Waals surface area contributed by atoms with Crippen LogP contribution in [0.4, 0.5) is 0 Å². The fourth-order valence-corrected chi connectivity index (χ4v) is 3.56. The third-order valence-electron chi connectivity index (χ3n) is 4.81. The number of carboxylic acid groups (broad SMARTS) is 1. The van der Waals surface area contributed by atoms with E-state index < -0.39 is 5.97 Å². The summed E-state index contributed by atoms with van der Waals surface area (Å²) in [6, 6.07) is 0. The SMILES string of the molecule is CCN1CCC(c2nc(C(=O)O)c3n2CC(O)CC3)CC1. The Morgan fingerprint density at radius 2 is 2.05 bits per heavy atom. The second-order valence-corrected chi connectivity index (χ2v) is 6.08. The second kappa shape index (κ2) is 5.77. The third kappa shape index (κ3) is 2.70. The molecule has 1 aromatic rings. The largest absolute Gasteiger partial charge is 0.476 e. The molecule has 2 aliphatic rings. The molecule has 0 saturated carbocycles. The highest BCUT2D eigenvalue weighted by Gasteiger charge is 2.31. The van der Waals surface area contributed by atoms with E-state index in [1.807, 2.05) is 4.57 Å². The van der Waals surface area contributed by atoms with Crippen molar-refractivity contribution in [1.29, 1.82) is 0 Å². The van der Waals surface area contributed by atoms with Gasteiger partial charge in [0, 0.05) is 5.92 Å². The molecule has 1 atom stereocenters. The van der Waals surface area contributed by atoms with Gasteiger partial charge in [0.15, 0.2) is 5.69 Å². The Kier molecular flexibility index (Phi) is 3.99. The first-order valence-electron chi connectivity index (χ1n) is 7.83. The number of carbonyl (C=O) groups is 1. The molecule has 0 radical (unpaired) electrons. The summed E-state index contributed by atoms with van der Waals surface area (Å²) in [6.45, 7) is 5.78. The predicted octanol–water partition coefficient (Wildman–Crippen LogP) is 1.09. The fraction of sp³-hybridized carbons (Fsp3) is 0.733. The van der Waals surface area contributed by atoms with Crippen LogP contribution in [0.5, 0.6) is 0 Å². The van der Waals surface area contributed by atoms with E-state index in [2.05, 4.69) is 16.8 Å². The van der Waals surface area contributed by atoms with Crippen LogP contribution in [-0.2, 0) is 13.0 Å². The van der Waals surface area contributed by atoms with E-state index in [4.69, 9.17) is 0 Å². The summed E-state index contributed by atoms with van der Waals surface area (Å²) in [6.07, 6.45) is 2.87. The van der Waals surface area contributed by atoms with E-state index >= 15 is 0 Å². The molecule has 1 fully saturated rings. The summed E-state index contributed by atoms with van der Waals surface area (Å²) in [5.41, 5.74) is 0.982. The van der Waals surface area contributed by atoms with Crippen LogP contribution in [0.25, 0.3) is 0 Å². The number of carboxylic acids is 1. The van der Waals surface area contributed by atoms with Crippen LogP contribution in [0.15, 0.2) is 0 Å². The van der Waals surface area contributed by atoms with Crippen molar-refractivity contribution in [2.45, 2.75) is 51.2 Å². The molecule has 116 valence electrons. The Bertz CT molecular complexity index is 533. The summed E-state index contributed by atoms with van der Waals surface area (Å²) in [4.78, 5) is 18.2. The first-order chi connectivity index (χ1) is 10.1. The molecule has 1 aromatic heterocycles. The van der Waals surface area contributed by atoms with E-state index in [-0.39, 0.29) is 11.8 Å². The predicted molar refractivity (Wildman–Crippen MR) is 77.6 cm³/mol. The van der Waals surface area contributed by atoms with Crippen LogP contribution < -0.4 is 0 Å². The minimum Gasteiger partial charge on any atom is -0.476 e.